The summed E-state index contributed by atoms with van der Waals surface area (Å²) in [6.07, 6.45) is 2.30. The third kappa shape index (κ3) is 4.81. The van der Waals surface area contributed by atoms with Crippen molar-refractivity contribution >= 4 is 24.2 Å². The average molecular weight is 289 g/mol. The smallest absolute Gasteiger partial charge is 0.240 e. The Morgan fingerprint density at radius 1 is 1.63 bits per heavy atom. The van der Waals surface area contributed by atoms with Crippen LogP contribution in [0.5, 0.6) is 0 Å². The first-order valence-corrected chi connectivity index (χ1v) is 6.30. The molecule has 1 fully saturated rings. The second-order valence-electron chi connectivity index (χ2n) is 4.74. The molecule has 1 aliphatic heterocycles. The molecule has 0 aromatic carbocycles. The van der Waals surface area contributed by atoms with Crippen molar-refractivity contribution in [1.82, 2.24) is 15.4 Å². The van der Waals surface area contributed by atoms with E-state index in [9.17, 15) is 4.79 Å². The Balaban J connectivity index is 0.00000180. The fourth-order valence-electron chi connectivity index (χ4n) is 2.24. The summed E-state index contributed by atoms with van der Waals surface area (Å²) < 4.78 is 4.95. The number of hydrogen-bond acceptors (Lipinski definition) is 5. The van der Waals surface area contributed by atoms with Gasteiger partial charge in [-0.15, -0.1) is 12.4 Å². The molecule has 1 unspecified atom stereocenters. The van der Waals surface area contributed by atoms with Gasteiger partial charge in [-0.3, -0.25) is 15.0 Å². The van der Waals surface area contributed by atoms with Gasteiger partial charge in [-0.05, 0) is 33.4 Å². The number of likely N-dealkylation sites (N-methyl/N-ethyl adjacent to an activating group) is 1. The average Bonchev–Trinajstić information content (AvgIpc) is 2.74. The molecular weight excluding hydrogens is 268 g/mol. The number of aryl methyl sites for hydroxylation is 1. The van der Waals surface area contributed by atoms with Crippen LogP contribution in [0.4, 0.5) is 5.88 Å². The van der Waals surface area contributed by atoms with Gasteiger partial charge in [-0.1, -0.05) is 5.16 Å². The van der Waals surface area contributed by atoms with E-state index in [4.69, 9.17) is 4.52 Å². The molecule has 19 heavy (non-hydrogen) atoms. The Bertz CT molecular complexity index is 410. The molecular formula is C12H21ClN4O2. The number of hydrogen-bond donors (Lipinski definition) is 2. The summed E-state index contributed by atoms with van der Waals surface area (Å²) in [4.78, 5) is 14.0. The van der Waals surface area contributed by atoms with Gasteiger partial charge < -0.3 is 9.84 Å². The van der Waals surface area contributed by atoms with Crippen molar-refractivity contribution in [3.8, 4) is 0 Å². The Kier molecular flexibility index (Phi) is 6.27. The highest BCUT2D eigenvalue weighted by atomic mass is 35.5. The number of rotatable bonds is 4. The van der Waals surface area contributed by atoms with Gasteiger partial charge in [0, 0.05) is 18.7 Å². The molecule has 6 nitrogen and oxygen atoms in total. The van der Waals surface area contributed by atoms with Crippen molar-refractivity contribution < 1.29 is 9.32 Å². The standard InChI is InChI=1S/C12H20N4O2.ClH/c1-9-6-12(18-15-9)14-11(17)8-16-5-3-4-10(7-16)13-2;/h6,10,13H,3-5,7-8H2,1-2H3,(H,14,17);1H. The molecule has 1 aromatic rings. The van der Waals surface area contributed by atoms with Crippen molar-refractivity contribution in [1.29, 1.82) is 0 Å². The van der Waals surface area contributed by atoms with Crippen LogP contribution in [0, 0.1) is 6.92 Å². The van der Waals surface area contributed by atoms with Gasteiger partial charge in [0.25, 0.3) is 0 Å². The summed E-state index contributed by atoms with van der Waals surface area (Å²) in [6, 6.07) is 2.20. The van der Waals surface area contributed by atoms with E-state index in [1.165, 1.54) is 6.42 Å². The number of carbonyl (C=O) groups is 1. The molecule has 1 atom stereocenters. The number of nitrogens with one attached hydrogen (secondary N) is 2. The summed E-state index contributed by atoms with van der Waals surface area (Å²) >= 11 is 0. The number of amides is 1. The molecule has 0 saturated carbocycles. The minimum absolute atomic E-state index is 0. The van der Waals surface area contributed by atoms with Gasteiger partial charge in [0.1, 0.15) is 0 Å². The summed E-state index contributed by atoms with van der Waals surface area (Å²) in [7, 11) is 1.96. The van der Waals surface area contributed by atoms with E-state index in [1.54, 1.807) is 6.07 Å². The normalized spacial score (nSPS) is 19.8. The highest BCUT2D eigenvalue weighted by Crippen LogP contribution is 2.11. The van der Waals surface area contributed by atoms with E-state index < -0.39 is 0 Å². The van der Waals surface area contributed by atoms with Gasteiger partial charge >= 0.3 is 0 Å². The van der Waals surface area contributed by atoms with Crippen LogP contribution >= 0.6 is 12.4 Å². The van der Waals surface area contributed by atoms with Crippen LogP contribution in [0.25, 0.3) is 0 Å². The zero-order valence-electron chi connectivity index (χ0n) is 11.3. The molecule has 1 amide bonds. The summed E-state index contributed by atoms with van der Waals surface area (Å²) in [5.74, 6) is 0.363. The Labute approximate surface area is 119 Å². The van der Waals surface area contributed by atoms with Crippen LogP contribution < -0.4 is 10.6 Å². The number of likely N-dealkylation sites (tertiary alicyclic amines) is 1. The highest BCUT2D eigenvalue weighted by Gasteiger charge is 2.20. The van der Waals surface area contributed by atoms with Crippen molar-refractivity contribution in [2.75, 3.05) is 32.0 Å². The van der Waals surface area contributed by atoms with Crippen molar-refractivity contribution in [3.63, 3.8) is 0 Å². The summed E-state index contributed by atoms with van der Waals surface area (Å²) in [5.41, 5.74) is 0.763. The lowest BCUT2D eigenvalue weighted by Gasteiger charge is -2.31. The maximum Gasteiger partial charge on any atom is 0.240 e. The minimum Gasteiger partial charge on any atom is -0.338 e. The Morgan fingerprint density at radius 2 is 2.42 bits per heavy atom. The molecule has 2 N–H and O–H groups in total. The van der Waals surface area contributed by atoms with E-state index in [1.807, 2.05) is 14.0 Å². The van der Waals surface area contributed by atoms with Crippen LogP contribution in [0.3, 0.4) is 0 Å². The largest absolute Gasteiger partial charge is 0.338 e. The molecule has 2 rings (SSSR count). The lowest BCUT2D eigenvalue weighted by Crippen LogP contribution is -2.46. The van der Waals surface area contributed by atoms with Gasteiger partial charge in [-0.25, -0.2) is 0 Å². The molecule has 1 aliphatic rings. The molecule has 2 heterocycles. The van der Waals surface area contributed by atoms with Crippen molar-refractivity contribution in [2.24, 2.45) is 0 Å². The lowest BCUT2D eigenvalue weighted by molar-refractivity contribution is -0.117. The third-order valence-electron chi connectivity index (χ3n) is 3.17. The van der Waals surface area contributed by atoms with Gasteiger partial charge in [0.05, 0.1) is 12.2 Å². The highest BCUT2D eigenvalue weighted by molar-refractivity contribution is 5.90. The number of nitrogens with zero attached hydrogens (tertiary/aromatic N) is 2. The predicted octanol–water partition coefficient (Wildman–Crippen LogP) is 1.03. The second-order valence-corrected chi connectivity index (χ2v) is 4.74. The first kappa shape index (κ1) is 15.9. The number of anilines is 1. The number of aromatic nitrogens is 1. The minimum atomic E-state index is -0.0529. The van der Waals surface area contributed by atoms with E-state index in [0.29, 0.717) is 18.5 Å². The zero-order chi connectivity index (χ0) is 13.0. The molecule has 0 bridgehead atoms. The van der Waals surface area contributed by atoms with Crippen LogP contribution in [-0.4, -0.2) is 48.7 Å². The fraction of sp³-hybridized carbons (Fsp3) is 0.667. The number of carbonyl (C=O) groups excluding carboxylic acids is 1. The number of halogens is 1. The lowest BCUT2D eigenvalue weighted by atomic mass is 10.1. The number of piperidine rings is 1. The predicted molar refractivity (Wildman–Crippen MR) is 75.6 cm³/mol. The van der Waals surface area contributed by atoms with E-state index >= 15 is 0 Å². The maximum atomic E-state index is 11.8. The monoisotopic (exact) mass is 288 g/mol. The molecule has 1 saturated heterocycles. The van der Waals surface area contributed by atoms with E-state index in [2.05, 4.69) is 20.7 Å². The van der Waals surface area contributed by atoms with Crippen LogP contribution in [-0.2, 0) is 4.79 Å². The SMILES string of the molecule is CNC1CCCN(CC(=O)Nc2cc(C)no2)C1.Cl. The first-order valence-electron chi connectivity index (χ1n) is 6.30. The molecule has 7 heteroatoms. The topological polar surface area (TPSA) is 70.4 Å². The zero-order valence-corrected chi connectivity index (χ0v) is 12.1. The van der Waals surface area contributed by atoms with Gasteiger partial charge in [-0.2, -0.15) is 0 Å². The molecule has 0 spiro atoms. The quantitative estimate of drug-likeness (QED) is 0.866. The van der Waals surface area contributed by atoms with E-state index in [0.717, 1.165) is 25.2 Å². The van der Waals surface area contributed by atoms with Crippen LogP contribution in [0.1, 0.15) is 18.5 Å². The Morgan fingerprint density at radius 3 is 3.05 bits per heavy atom. The second kappa shape index (κ2) is 7.47. The molecule has 0 aliphatic carbocycles. The molecule has 108 valence electrons. The summed E-state index contributed by atoms with van der Waals surface area (Å²) in [5, 5.41) is 9.70. The third-order valence-corrected chi connectivity index (χ3v) is 3.17. The van der Waals surface area contributed by atoms with Gasteiger partial charge in [0.15, 0.2) is 0 Å². The molecule has 0 radical (unpaired) electrons. The van der Waals surface area contributed by atoms with Crippen LogP contribution in [0.15, 0.2) is 10.6 Å². The van der Waals surface area contributed by atoms with Gasteiger partial charge in [0.2, 0.25) is 11.8 Å². The van der Waals surface area contributed by atoms with Crippen molar-refractivity contribution in [2.45, 2.75) is 25.8 Å². The maximum absolute atomic E-state index is 11.8. The van der Waals surface area contributed by atoms with E-state index in [-0.39, 0.29) is 18.3 Å². The fourth-order valence-corrected chi connectivity index (χ4v) is 2.24. The summed E-state index contributed by atoms with van der Waals surface area (Å²) in [6.45, 7) is 4.11. The Hall–Kier alpha value is -1.11. The van der Waals surface area contributed by atoms with Crippen LogP contribution in [0.2, 0.25) is 0 Å². The van der Waals surface area contributed by atoms with Crippen molar-refractivity contribution in [3.05, 3.63) is 11.8 Å². The molecule has 1 aromatic heterocycles. The first-order chi connectivity index (χ1) is 8.67.